The highest BCUT2D eigenvalue weighted by Crippen LogP contribution is 2.44. The van der Waals surface area contributed by atoms with Gasteiger partial charge in [-0.05, 0) is 55.2 Å². The molecule has 5 rings (SSSR count). The molecule has 9 heteroatoms. The number of thiophene rings is 1. The number of benzene rings is 2. The van der Waals surface area contributed by atoms with Gasteiger partial charge in [0, 0.05) is 23.9 Å². The van der Waals surface area contributed by atoms with Gasteiger partial charge in [-0.3, -0.25) is 4.90 Å². The molecule has 8 nitrogen and oxygen atoms in total. The number of rotatable bonds is 6. The predicted octanol–water partition coefficient (Wildman–Crippen LogP) is 5.82. The summed E-state index contributed by atoms with van der Waals surface area (Å²) in [4.78, 5) is 41.4. The number of nitrogens with zero attached hydrogens (tertiary/aromatic N) is 2. The molecule has 1 fully saturated rings. The van der Waals surface area contributed by atoms with Gasteiger partial charge < -0.3 is 19.5 Å². The van der Waals surface area contributed by atoms with Crippen molar-refractivity contribution in [1.82, 2.24) is 9.80 Å². The minimum absolute atomic E-state index is 0.0757. The number of aromatic carboxylic acids is 1. The molecule has 2 heterocycles. The summed E-state index contributed by atoms with van der Waals surface area (Å²) in [5.41, 5.74) is 3.92. The fourth-order valence-electron chi connectivity index (χ4n) is 4.89. The van der Waals surface area contributed by atoms with Gasteiger partial charge in [0.15, 0.2) is 0 Å². The molecular weight excluding hydrogens is 504 g/mol. The highest BCUT2D eigenvalue weighted by Gasteiger charge is 2.40. The number of likely N-dealkylation sites (tertiary alicyclic amines) is 1. The third-order valence-corrected chi connectivity index (χ3v) is 7.78. The Bertz CT molecular complexity index is 1330. The fraction of sp³-hybridized carbons (Fsp3) is 0.345. The van der Waals surface area contributed by atoms with E-state index in [-0.39, 0.29) is 30.0 Å². The molecule has 3 aromatic rings. The Morgan fingerprint density at radius 1 is 0.974 bits per heavy atom. The standard InChI is InChI=1S/C29H30N2O6S/c1-29(2,3)37-27(34)30-14-18(15-30)31(16-19-12-13-25(38-19)26(32)33)28(35)36-17-24-22-10-6-4-8-20(22)21-9-5-7-11-23(21)24/h4-13,18,24H,14-17H2,1-3H3,(H,32,33). The van der Waals surface area contributed by atoms with Crippen molar-refractivity contribution in [3.63, 3.8) is 0 Å². The zero-order chi connectivity index (χ0) is 27.0. The number of carbonyl (C=O) groups excluding carboxylic acids is 2. The SMILES string of the molecule is CC(C)(C)OC(=O)N1CC(N(Cc2ccc(C(=O)O)s2)C(=O)OCC2c3ccccc3-c3ccccc32)C1. The molecule has 2 aromatic carbocycles. The summed E-state index contributed by atoms with van der Waals surface area (Å²) in [6.07, 6.45) is -0.920. The minimum Gasteiger partial charge on any atom is -0.477 e. The first-order valence-corrected chi connectivity index (χ1v) is 13.3. The second kappa shape index (κ2) is 10.1. The number of hydrogen-bond acceptors (Lipinski definition) is 6. The smallest absolute Gasteiger partial charge is 0.410 e. The summed E-state index contributed by atoms with van der Waals surface area (Å²) in [5.74, 6) is -1.08. The van der Waals surface area contributed by atoms with E-state index in [1.165, 1.54) is 6.07 Å². The van der Waals surface area contributed by atoms with Gasteiger partial charge >= 0.3 is 18.2 Å². The summed E-state index contributed by atoms with van der Waals surface area (Å²) < 4.78 is 11.4. The molecule has 0 atom stereocenters. The van der Waals surface area contributed by atoms with Gasteiger partial charge in [-0.25, -0.2) is 14.4 Å². The monoisotopic (exact) mass is 534 g/mol. The largest absolute Gasteiger partial charge is 0.477 e. The maximum atomic E-state index is 13.5. The molecule has 2 amide bonds. The van der Waals surface area contributed by atoms with Crippen LogP contribution in [0.5, 0.6) is 0 Å². The van der Waals surface area contributed by atoms with E-state index in [1.807, 2.05) is 45.0 Å². The van der Waals surface area contributed by atoms with Crippen molar-refractivity contribution in [2.75, 3.05) is 19.7 Å². The van der Waals surface area contributed by atoms with Crippen LogP contribution in [-0.4, -0.2) is 64.4 Å². The molecule has 0 unspecified atom stereocenters. The Hall–Kier alpha value is -3.85. The van der Waals surface area contributed by atoms with Crippen LogP contribution in [0.1, 0.15) is 52.4 Å². The Morgan fingerprint density at radius 3 is 2.13 bits per heavy atom. The van der Waals surface area contributed by atoms with Crippen LogP contribution in [0, 0.1) is 0 Å². The zero-order valence-electron chi connectivity index (χ0n) is 21.5. The number of ether oxygens (including phenoxy) is 2. The summed E-state index contributed by atoms with van der Waals surface area (Å²) in [5, 5.41) is 9.31. The molecule has 1 N–H and O–H groups in total. The van der Waals surface area contributed by atoms with Crippen molar-refractivity contribution in [2.24, 2.45) is 0 Å². The van der Waals surface area contributed by atoms with Crippen LogP contribution in [-0.2, 0) is 16.0 Å². The van der Waals surface area contributed by atoms with E-state index in [9.17, 15) is 19.5 Å². The van der Waals surface area contributed by atoms with Gasteiger partial charge in [0.05, 0.1) is 12.6 Å². The predicted molar refractivity (Wildman–Crippen MR) is 143 cm³/mol. The number of carboxylic acids is 1. The third-order valence-electron chi connectivity index (χ3n) is 6.72. The Morgan fingerprint density at radius 2 is 1.58 bits per heavy atom. The van der Waals surface area contributed by atoms with Crippen LogP contribution < -0.4 is 0 Å². The molecule has 1 aliphatic heterocycles. The van der Waals surface area contributed by atoms with E-state index in [2.05, 4.69) is 24.3 Å². The van der Waals surface area contributed by atoms with Crippen LogP contribution in [0.2, 0.25) is 0 Å². The van der Waals surface area contributed by atoms with Crippen molar-refractivity contribution < 1.29 is 29.0 Å². The van der Waals surface area contributed by atoms with E-state index in [4.69, 9.17) is 9.47 Å². The average Bonchev–Trinajstić information content (AvgIpc) is 3.43. The lowest BCUT2D eigenvalue weighted by Crippen LogP contribution is -2.62. The second-order valence-electron chi connectivity index (χ2n) is 10.5. The molecule has 1 saturated heterocycles. The normalized spacial score (nSPS) is 14.9. The summed E-state index contributed by atoms with van der Waals surface area (Å²) in [6, 6.07) is 19.3. The van der Waals surface area contributed by atoms with E-state index in [1.54, 1.807) is 15.9 Å². The highest BCUT2D eigenvalue weighted by molar-refractivity contribution is 7.13. The van der Waals surface area contributed by atoms with E-state index >= 15 is 0 Å². The Kier molecular flexibility index (Phi) is 6.88. The highest BCUT2D eigenvalue weighted by atomic mass is 32.1. The van der Waals surface area contributed by atoms with Gasteiger partial charge in [-0.1, -0.05) is 48.5 Å². The van der Waals surface area contributed by atoms with Crippen LogP contribution in [0.25, 0.3) is 11.1 Å². The molecule has 1 aromatic heterocycles. The molecule has 0 bridgehead atoms. The van der Waals surface area contributed by atoms with Crippen molar-refractivity contribution in [1.29, 1.82) is 0 Å². The molecule has 0 radical (unpaired) electrons. The number of carboxylic acid groups (broad SMARTS) is 1. The molecule has 198 valence electrons. The lowest BCUT2D eigenvalue weighted by Gasteiger charge is -2.44. The number of amides is 2. The molecule has 2 aliphatic rings. The van der Waals surface area contributed by atoms with Gasteiger partial charge in [0.1, 0.15) is 17.1 Å². The van der Waals surface area contributed by atoms with Crippen molar-refractivity contribution in [3.8, 4) is 11.1 Å². The zero-order valence-corrected chi connectivity index (χ0v) is 22.4. The molecule has 0 spiro atoms. The lowest BCUT2D eigenvalue weighted by atomic mass is 9.98. The van der Waals surface area contributed by atoms with Crippen molar-refractivity contribution in [2.45, 2.75) is 44.9 Å². The maximum absolute atomic E-state index is 13.5. The number of fused-ring (bicyclic) bond motifs is 3. The van der Waals surface area contributed by atoms with Crippen LogP contribution in [0.4, 0.5) is 9.59 Å². The second-order valence-corrected chi connectivity index (χ2v) is 11.7. The summed E-state index contributed by atoms with van der Waals surface area (Å²) in [6.45, 7) is 6.43. The number of carbonyl (C=O) groups is 3. The third kappa shape index (κ3) is 5.24. The first kappa shape index (κ1) is 25.8. The van der Waals surface area contributed by atoms with E-state index < -0.39 is 23.8 Å². The first-order chi connectivity index (χ1) is 18.1. The fourth-order valence-corrected chi connectivity index (χ4v) is 5.74. The molecular formula is C29H30N2O6S. The van der Waals surface area contributed by atoms with Crippen LogP contribution in [0.15, 0.2) is 60.7 Å². The van der Waals surface area contributed by atoms with Crippen LogP contribution >= 0.6 is 11.3 Å². The number of hydrogen-bond donors (Lipinski definition) is 1. The Balaban J connectivity index is 1.31. The van der Waals surface area contributed by atoms with Crippen LogP contribution in [0.3, 0.4) is 0 Å². The summed E-state index contributed by atoms with van der Waals surface area (Å²) in [7, 11) is 0. The van der Waals surface area contributed by atoms with Crippen molar-refractivity contribution >= 4 is 29.5 Å². The topological polar surface area (TPSA) is 96.4 Å². The van der Waals surface area contributed by atoms with Crippen molar-refractivity contribution in [3.05, 3.63) is 81.5 Å². The van der Waals surface area contributed by atoms with Gasteiger partial charge in [0.2, 0.25) is 0 Å². The van der Waals surface area contributed by atoms with Gasteiger partial charge in [-0.2, -0.15) is 0 Å². The maximum Gasteiger partial charge on any atom is 0.410 e. The molecule has 38 heavy (non-hydrogen) atoms. The molecule has 1 aliphatic carbocycles. The molecule has 0 saturated carbocycles. The van der Waals surface area contributed by atoms with E-state index in [0.29, 0.717) is 13.1 Å². The van der Waals surface area contributed by atoms with Gasteiger partial charge in [-0.15, -0.1) is 11.3 Å². The Labute approximate surface area is 225 Å². The lowest BCUT2D eigenvalue weighted by molar-refractivity contribution is -0.0174. The van der Waals surface area contributed by atoms with E-state index in [0.717, 1.165) is 38.5 Å². The van der Waals surface area contributed by atoms with Gasteiger partial charge in [0.25, 0.3) is 0 Å². The first-order valence-electron chi connectivity index (χ1n) is 12.5. The quantitative estimate of drug-likeness (QED) is 0.428. The summed E-state index contributed by atoms with van der Waals surface area (Å²) >= 11 is 1.12. The minimum atomic E-state index is -1.01. The average molecular weight is 535 g/mol.